The molecule has 1 aromatic rings. The Balaban J connectivity index is 2.41. The van der Waals surface area contributed by atoms with E-state index < -0.39 is 5.60 Å². The molecule has 0 saturated heterocycles. The first kappa shape index (κ1) is 14.9. The van der Waals surface area contributed by atoms with Crippen molar-refractivity contribution in [3.05, 3.63) is 34.5 Å². The second kappa shape index (κ2) is 6.68. The Bertz CT molecular complexity index is 397. The number of amides is 1. The van der Waals surface area contributed by atoms with Crippen molar-refractivity contribution in [2.24, 2.45) is 0 Å². The molecule has 1 atom stereocenters. The van der Waals surface area contributed by atoms with Crippen LogP contribution in [0.1, 0.15) is 11.8 Å². The molecule has 0 radical (unpaired) electrons. The zero-order chi connectivity index (χ0) is 13.6. The number of carbonyl (C=O) groups is 1. The van der Waals surface area contributed by atoms with Crippen LogP contribution in [0.5, 0.6) is 0 Å². The highest BCUT2D eigenvalue weighted by Crippen LogP contribution is 2.24. The second-order valence-corrected chi connectivity index (χ2v) is 5.58. The number of hydrogen-bond acceptors (Lipinski definition) is 4. The molecule has 0 fully saturated rings. The van der Waals surface area contributed by atoms with E-state index in [9.17, 15) is 9.90 Å². The van der Waals surface area contributed by atoms with E-state index in [1.54, 1.807) is 13.0 Å². The van der Waals surface area contributed by atoms with Crippen molar-refractivity contribution in [2.45, 2.75) is 12.5 Å². The predicted molar refractivity (Wildman–Crippen MR) is 74.6 cm³/mol. The Morgan fingerprint density at radius 3 is 2.89 bits per heavy atom. The van der Waals surface area contributed by atoms with Gasteiger partial charge in [-0.25, -0.2) is 0 Å². The molecule has 0 aliphatic carbocycles. The average Bonchev–Trinajstić information content (AvgIpc) is 2.80. The summed E-state index contributed by atoms with van der Waals surface area (Å²) < 4.78 is 0. The number of rotatable bonds is 6. The van der Waals surface area contributed by atoms with Crippen molar-refractivity contribution in [3.63, 3.8) is 0 Å². The van der Waals surface area contributed by atoms with Crippen LogP contribution in [0.2, 0.25) is 0 Å². The lowest BCUT2D eigenvalue weighted by Gasteiger charge is -2.21. The number of likely N-dealkylation sites (N-methyl/N-ethyl adjacent to an activating group) is 1. The molecular weight excluding hydrogens is 248 g/mol. The number of aliphatic hydroxyl groups is 1. The smallest absolute Gasteiger partial charge is 0.243 e. The van der Waals surface area contributed by atoms with E-state index >= 15 is 0 Å². The first-order valence-corrected chi connectivity index (χ1v) is 6.65. The van der Waals surface area contributed by atoms with Crippen LogP contribution in [-0.2, 0) is 10.4 Å². The van der Waals surface area contributed by atoms with Crippen molar-refractivity contribution in [2.75, 3.05) is 27.2 Å². The molecule has 0 aromatic carbocycles. The Hall–Kier alpha value is -1.17. The molecular formula is C13H20N2O2S. The van der Waals surface area contributed by atoms with Gasteiger partial charge in [0.2, 0.25) is 5.91 Å². The fourth-order valence-corrected chi connectivity index (χ4v) is 2.15. The van der Waals surface area contributed by atoms with Crippen LogP contribution in [0.25, 0.3) is 0 Å². The minimum Gasteiger partial charge on any atom is -0.383 e. The third-order valence-corrected chi connectivity index (χ3v) is 3.52. The van der Waals surface area contributed by atoms with Crippen molar-refractivity contribution in [1.29, 1.82) is 0 Å². The number of nitrogens with one attached hydrogen (secondary N) is 1. The average molecular weight is 268 g/mol. The summed E-state index contributed by atoms with van der Waals surface area (Å²) in [5, 5.41) is 14.8. The second-order valence-electron chi connectivity index (χ2n) is 4.63. The highest BCUT2D eigenvalue weighted by atomic mass is 32.1. The van der Waals surface area contributed by atoms with Crippen LogP contribution >= 0.6 is 11.3 Å². The maximum absolute atomic E-state index is 11.5. The van der Waals surface area contributed by atoms with E-state index in [-0.39, 0.29) is 12.5 Å². The summed E-state index contributed by atoms with van der Waals surface area (Å²) in [6.45, 7) is 2.62. The Kier molecular flexibility index (Phi) is 5.53. The first-order chi connectivity index (χ1) is 8.42. The molecule has 1 unspecified atom stereocenters. The maximum Gasteiger partial charge on any atom is 0.243 e. The van der Waals surface area contributed by atoms with Crippen molar-refractivity contribution < 1.29 is 9.90 Å². The van der Waals surface area contributed by atoms with E-state index in [0.29, 0.717) is 0 Å². The molecule has 0 saturated carbocycles. The van der Waals surface area contributed by atoms with E-state index in [1.165, 1.54) is 17.4 Å². The molecule has 0 aliphatic rings. The fraction of sp³-hybridized carbons (Fsp3) is 0.462. The lowest BCUT2D eigenvalue weighted by molar-refractivity contribution is -0.117. The molecule has 100 valence electrons. The van der Waals surface area contributed by atoms with Crippen molar-refractivity contribution in [1.82, 2.24) is 10.2 Å². The van der Waals surface area contributed by atoms with Crippen LogP contribution in [-0.4, -0.2) is 43.1 Å². The van der Waals surface area contributed by atoms with E-state index in [2.05, 4.69) is 5.32 Å². The minimum absolute atomic E-state index is 0.186. The summed E-state index contributed by atoms with van der Waals surface area (Å²) in [5.74, 6) is -0.186. The number of hydrogen-bond donors (Lipinski definition) is 2. The molecule has 5 heteroatoms. The summed E-state index contributed by atoms with van der Waals surface area (Å²) in [6, 6.07) is 3.74. The summed E-state index contributed by atoms with van der Waals surface area (Å²) in [4.78, 5) is 14.3. The number of carbonyl (C=O) groups excluding carboxylic acids is 1. The van der Waals surface area contributed by atoms with E-state index in [1.807, 2.05) is 36.5 Å². The van der Waals surface area contributed by atoms with E-state index in [4.69, 9.17) is 0 Å². The highest BCUT2D eigenvalue weighted by molar-refractivity contribution is 7.10. The standard InChI is InChI=1S/C13H20N2O2S/c1-13(17,11-6-5-9-18-11)10-14-12(16)7-4-8-15(2)3/h4-7,9,17H,8,10H2,1-3H3,(H,14,16)/b7-4+. The molecule has 1 aromatic heterocycles. The zero-order valence-electron chi connectivity index (χ0n) is 11.0. The summed E-state index contributed by atoms with van der Waals surface area (Å²) in [5.41, 5.74) is -1.01. The Morgan fingerprint density at radius 2 is 2.33 bits per heavy atom. The normalized spacial score (nSPS) is 14.9. The van der Waals surface area contributed by atoms with Crippen molar-refractivity contribution >= 4 is 17.2 Å². The van der Waals surface area contributed by atoms with Gasteiger partial charge in [0, 0.05) is 17.5 Å². The maximum atomic E-state index is 11.5. The van der Waals surface area contributed by atoms with Gasteiger partial charge in [0.15, 0.2) is 0 Å². The van der Waals surface area contributed by atoms with Crippen molar-refractivity contribution in [3.8, 4) is 0 Å². The first-order valence-electron chi connectivity index (χ1n) is 5.77. The monoisotopic (exact) mass is 268 g/mol. The molecule has 1 rings (SSSR count). The van der Waals surface area contributed by atoms with Gasteiger partial charge in [0.25, 0.3) is 0 Å². The number of nitrogens with zero attached hydrogens (tertiary/aromatic N) is 1. The van der Waals surface area contributed by atoms with Gasteiger partial charge in [-0.05, 0) is 32.5 Å². The van der Waals surface area contributed by atoms with Crippen LogP contribution in [0.3, 0.4) is 0 Å². The van der Waals surface area contributed by atoms with E-state index in [0.717, 1.165) is 11.4 Å². The molecule has 4 nitrogen and oxygen atoms in total. The molecule has 1 amide bonds. The predicted octanol–water partition coefficient (Wildman–Crippen LogP) is 1.19. The minimum atomic E-state index is -1.01. The largest absolute Gasteiger partial charge is 0.383 e. The molecule has 0 aliphatic heterocycles. The van der Waals surface area contributed by atoms with Gasteiger partial charge in [-0.3, -0.25) is 4.79 Å². The molecule has 1 heterocycles. The topological polar surface area (TPSA) is 52.6 Å². The molecule has 18 heavy (non-hydrogen) atoms. The van der Waals surface area contributed by atoms with Gasteiger partial charge in [0.1, 0.15) is 5.60 Å². The third-order valence-electron chi connectivity index (χ3n) is 2.40. The fourth-order valence-electron chi connectivity index (χ4n) is 1.36. The van der Waals surface area contributed by atoms with Crippen LogP contribution in [0.4, 0.5) is 0 Å². The quantitative estimate of drug-likeness (QED) is 0.762. The lowest BCUT2D eigenvalue weighted by atomic mass is 10.1. The van der Waals surface area contributed by atoms with Crippen LogP contribution in [0, 0.1) is 0 Å². The highest BCUT2D eigenvalue weighted by Gasteiger charge is 2.24. The Labute approximate surface area is 112 Å². The lowest BCUT2D eigenvalue weighted by Crippen LogP contribution is -2.37. The van der Waals surface area contributed by atoms with Crippen LogP contribution in [0.15, 0.2) is 29.7 Å². The van der Waals surface area contributed by atoms with Gasteiger partial charge in [-0.1, -0.05) is 12.1 Å². The molecule has 0 spiro atoms. The summed E-state index contributed by atoms with van der Waals surface area (Å²) >= 11 is 1.48. The van der Waals surface area contributed by atoms with Gasteiger partial charge >= 0.3 is 0 Å². The van der Waals surface area contributed by atoms with Gasteiger partial charge in [0.05, 0.1) is 6.54 Å². The van der Waals surface area contributed by atoms with Crippen LogP contribution < -0.4 is 5.32 Å². The zero-order valence-corrected chi connectivity index (χ0v) is 11.8. The van der Waals surface area contributed by atoms with Gasteiger partial charge < -0.3 is 15.3 Å². The summed E-state index contributed by atoms with van der Waals surface area (Å²) in [6.07, 6.45) is 3.28. The third kappa shape index (κ3) is 5.00. The summed E-state index contributed by atoms with van der Waals surface area (Å²) in [7, 11) is 3.87. The molecule has 0 bridgehead atoms. The molecule has 2 N–H and O–H groups in total. The number of thiophene rings is 1. The Morgan fingerprint density at radius 1 is 1.61 bits per heavy atom. The van der Waals surface area contributed by atoms with Gasteiger partial charge in [-0.2, -0.15) is 0 Å². The van der Waals surface area contributed by atoms with Gasteiger partial charge in [-0.15, -0.1) is 11.3 Å². The SMILES string of the molecule is CN(C)C/C=C/C(=O)NCC(C)(O)c1cccs1.